The minimum absolute atomic E-state index is 0.00599. The number of esters is 3. The molecule has 0 bridgehead atoms. The number of hydrogen-bond acceptors (Lipinski definition) is 8. The third kappa shape index (κ3) is 5.99. The summed E-state index contributed by atoms with van der Waals surface area (Å²) in [7, 11) is 0. The average molecular weight is 668 g/mol. The van der Waals surface area contributed by atoms with E-state index in [0.29, 0.717) is 37.2 Å². The largest absolute Gasteiger partial charge is 0.458 e. The van der Waals surface area contributed by atoms with E-state index < -0.39 is 36.9 Å². The zero-order valence-corrected chi connectivity index (χ0v) is 28.7. The van der Waals surface area contributed by atoms with E-state index in [1.54, 1.807) is 0 Å². The molecule has 43 heavy (non-hydrogen) atoms. The van der Waals surface area contributed by atoms with Gasteiger partial charge in [0, 0.05) is 19.4 Å². The highest BCUT2D eigenvalue weighted by atomic mass is 79.9. The van der Waals surface area contributed by atoms with Crippen LogP contribution in [0.2, 0.25) is 0 Å². The first-order chi connectivity index (χ1) is 20.0. The summed E-state index contributed by atoms with van der Waals surface area (Å²) in [6.07, 6.45) is 3.76. The Morgan fingerprint density at radius 2 is 1.58 bits per heavy atom. The molecule has 10 atom stereocenters. The highest BCUT2D eigenvalue weighted by molar-refractivity contribution is 9.11. The number of hydrogen-bond donors (Lipinski definition) is 2. The third-order valence-corrected chi connectivity index (χ3v) is 13.4. The van der Waals surface area contributed by atoms with Gasteiger partial charge in [-0.3, -0.25) is 9.59 Å². The number of ether oxygens (including phenoxy) is 3. The second-order valence-corrected chi connectivity index (χ2v) is 15.6. The van der Waals surface area contributed by atoms with Gasteiger partial charge >= 0.3 is 17.9 Å². The highest BCUT2D eigenvalue weighted by Gasteiger charge is 2.70. The maximum atomic E-state index is 13.7. The molecular formula is C34H51BrO8. The maximum Gasteiger partial charge on any atom is 0.336 e. The Hall–Kier alpha value is -1.71. The molecule has 0 aromatic rings. The van der Waals surface area contributed by atoms with Crippen molar-refractivity contribution in [2.45, 2.75) is 125 Å². The summed E-state index contributed by atoms with van der Waals surface area (Å²) in [5.41, 5.74) is 1.45. The van der Waals surface area contributed by atoms with Gasteiger partial charge in [0.05, 0.1) is 12.2 Å². The van der Waals surface area contributed by atoms with Crippen molar-refractivity contribution in [3.8, 4) is 0 Å². The van der Waals surface area contributed by atoms with Gasteiger partial charge in [-0.2, -0.15) is 0 Å². The number of aliphatic hydroxyl groups is 2. The summed E-state index contributed by atoms with van der Waals surface area (Å²) in [4.78, 5) is 37.6. The molecule has 0 aliphatic heterocycles. The molecule has 0 heterocycles. The van der Waals surface area contributed by atoms with Crippen molar-refractivity contribution >= 4 is 33.8 Å². The minimum Gasteiger partial charge on any atom is -0.458 e. The van der Waals surface area contributed by atoms with Crippen molar-refractivity contribution in [1.82, 2.24) is 0 Å². The van der Waals surface area contributed by atoms with Crippen LogP contribution >= 0.6 is 15.9 Å². The fourth-order valence-corrected chi connectivity index (χ4v) is 10.2. The Morgan fingerprint density at radius 1 is 0.907 bits per heavy atom. The van der Waals surface area contributed by atoms with Crippen molar-refractivity contribution in [3.05, 3.63) is 21.2 Å². The van der Waals surface area contributed by atoms with E-state index in [9.17, 15) is 24.6 Å². The van der Waals surface area contributed by atoms with Crippen LogP contribution in [0.5, 0.6) is 0 Å². The molecule has 9 heteroatoms. The number of allylic oxidation sites excluding steroid dienone is 2. The number of carbonyl (C=O) groups excluding carboxylic acids is 3. The topological polar surface area (TPSA) is 119 Å². The summed E-state index contributed by atoms with van der Waals surface area (Å²) in [6, 6.07) is 0. The summed E-state index contributed by atoms with van der Waals surface area (Å²) >= 11 is 3.64. The molecule has 8 nitrogen and oxygen atoms in total. The van der Waals surface area contributed by atoms with Crippen LogP contribution in [0.25, 0.3) is 0 Å². The van der Waals surface area contributed by atoms with Crippen molar-refractivity contribution in [2.24, 2.45) is 39.9 Å². The van der Waals surface area contributed by atoms with Gasteiger partial charge in [-0.25, -0.2) is 4.79 Å². The lowest BCUT2D eigenvalue weighted by atomic mass is 9.36. The Balaban J connectivity index is 1.83. The van der Waals surface area contributed by atoms with E-state index in [-0.39, 0.29) is 40.1 Å². The third-order valence-electron chi connectivity index (χ3n) is 12.2. The molecule has 4 saturated carbocycles. The first-order valence-corrected chi connectivity index (χ1v) is 16.7. The van der Waals surface area contributed by atoms with Gasteiger partial charge < -0.3 is 24.4 Å². The van der Waals surface area contributed by atoms with E-state index in [1.165, 1.54) is 13.8 Å². The second-order valence-electron chi connectivity index (χ2n) is 14.6. The molecule has 0 aromatic carbocycles. The molecule has 0 amide bonds. The van der Waals surface area contributed by atoms with Gasteiger partial charge in [0.25, 0.3) is 0 Å². The molecule has 2 N–H and O–H groups in total. The monoisotopic (exact) mass is 666 g/mol. The Labute approximate surface area is 265 Å². The van der Waals surface area contributed by atoms with E-state index in [0.717, 1.165) is 41.3 Å². The van der Waals surface area contributed by atoms with Crippen LogP contribution in [0.15, 0.2) is 21.2 Å². The predicted molar refractivity (Wildman–Crippen MR) is 166 cm³/mol. The Morgan fingerprint density at radius 3 is 2.19 bits per heavy atom. The van der Waals surface area contributed by atoms with Crippen LogP contribution in [0.3, 0.4) is 0 Å². The zero-order valence-electron chi connectivity index (χ0n) is 27.1. The van der Waals surface area contributed by atoms with Crippen LogP contribution < -0.4 is 0 Å². The first kappa shape index (κ1) is 34.2. The number of aliphatic hydroxyl groups excluding tert-OH is 2. The molecular weight excluding hydrogens is 616 g/mol. The van der Waals surface area contributed by atoms with E-state index >= 15 is 0 Å². The second kappa shape index (κ2) is 12.6. The van der Waals surface area contributed by atoms with Crippen molar-refractivity contribution in [3.63, 3.8) is 0 Å². The molecule has 4 aliphatic carbocycles. The van der Waals surface area contributed by atoms with Crippen LogP contribution in [-0.4, -0.2) is 53.2 Å². The van der Waals surface area contributed by atoms with Gasteiger partial charge in [-0.1, -0.05) is 49.2 Å². The molecule has 4 fully saturated rings. The lowest BCUT2D eigenvalue weighted by Gasteiger charge is -2.69. The van der Waals surface area contributed by atoms with Crippen LogP contribution in [0.4, 0.5) is 0 Å². The summed E-state index contributed by atoms with van der Waals surface area (Å²) < 4.78 is 17.4. The molecule has 4 aliphatic rings. The van der Waals surface area contributed by atoms with Gasteiger partial charge in [-0.15, -0.1) is 0 Å². The van der Waals surface area contributed by atoms with E-state index in [4.69, 9.17) is 14.2 Å². The van der Waals surface area contributed by atoms with Crippen LogP contribution in [0.1, 0.15) is 107 Å². The molecule has 0 spiro atoms. The van der Waals surface area contributed by atoms with Crippen LogP contribution in [0, 0.1) is 39.9 Å². The van der Waals surface area contributed by atoms with E-state index in [1.807, 2.05) is 13.8 Å². The normalized spacial score (nSPS) is 41.2. The lowest BCUT2D eigenvalue weighted by molar-refractivity contribution is -0.234. The number of halogens is 1. The van der Waals surface area contributed by atoms with Gasteiger partial charge in [0.2, 0.25) is 6.79 Å². The molecule has 0 saturated heterocycles. The molecule has 1 unspecified atom stereocenters. The fraction of sp³-hybridized carbons (Fsp3) is 0.794. The summed E-state index contributed by atoms with van der Waals surface area (Å²) in [5, 5.41) is 22.9. The maximum absolute atomic E-state index is 13.7. The quantitative estimate of drug-likeness (QED) is 0.183. The number of carbonyl (C=O) groups is 3. The molecule has 242 valence electrons. The number of rotatable bonds is 7. The Bertz CT molecular complexity index is 1190. The van der Waals surface area contributed by atoms with Gasteiger partial charge in [0.15, 0.2) is 0 Å². The smallest absolute Gasteiger partial charge is 0.336 e. The predicted octanol–water partition coefficient (Wildman–Crippen LogP) is 6.37. The molecule has 0 aromatic heterocycles. The fourth-order valence-electron chi connectivity index (χ4n) is 10.0. The average Bonchev–Trinajstić information content (AvgIpc) is 3.17. The summed E-state index contributed by atoms with van der Waals surface area (Å²) in [6.45, 7) is 15.2. The van der Waals surface area contributed by atoms with Crippen molar-refractivity contribution < 1.29 is 38.8 Å². The van der Waals surface area contributed by atoms with Crippen LogP contribution in [-0.2, 0) is 28.6 Å². The highest BCUT2D eigenvalue weighted by Crippen LogP contribution is 2.74. The van der Waals surface area contributed by atoms with Gasteiger partial charge in [-0.05, 0) is 115 Å². The van der Waals surface area contributed by atoms with Gasteiger partial charge in [0.1, 0.15) is 6.10 Å². The minimum atomic E-state index is -0.630. The standard InChI is InChI=1S/C34H51BrO8/c1-18(2)25(35)10-9-22(31(40)42-17-41-20(4)36)29-24-15-27(39)30-32(6)13-12-26(38)19(3)23(32)11-14-33(30,7)34(24,8)16-28(29)43-21(5)37/h19,23-24,26-28,30,38-39H,9-17H2,1-8H3/b29-22-/t19-,23-,24-,26+,27+,28-,30?,32-,33-,34-/m0/s1. The van der Waals surface area contributed by atoms with E-state index in [2.05, 4.69) is 43.6 Å². The molecule has 4 rings (SSSR count). The van der Waals surface area contributed by atoms with Crippen molar-refractivity contribution in [2.75, 3.05) is 6.79 Å². The molecule has 0 radical (unpaired) electrons. The first-order valence-electron chi connectivity index (χ1n) is 15.9. The zero-order chi connectivity index (χ0) is 32.1. The SMILES string of the molecule is CC(=O)OCOC(=O)/C(CCC(Br)=C(C)C)=C1\[C@@H](OC(C)=O)C[C@@]2(C)[C@H]1C[C@@H](O)C1[C@]2(C)CC[C@H]2[C@H](C)[C@H](O)CC[C@]12C. The Kier molecular flexibility index (Phi) is 10.0. The summed E-state index contributed by atoms with van der Waals surface area (Å²) in [5.74, 6) is -1.29. The number of fused-ring (bicyclic) bond motifs is 5. The lowest BCUT2D eigenvalue weighted by Crippen LogP contribution is -2.65. The van der Waals surface area contributed by atoms with Crippen molar-refractivity contribution in [1.29, 1.82) is 0 Å².